The lowest BCUT2D eigenvalue weighted by atomic mass is 10.0. The molecule has 5 rings (SSSR count). The summed E-state index contributed by atoms with van der Waals surface area (Å²) < 4.78 is 36.2. The maximum absolute atomic E-state index is 14.7. The summed E-state index contributed by atoms with van der Waals surface area (Å²) in [4.78, 5) is 28.1. The van der Waals surface area contributed by atoms with E-state index in [-0.39, 0.29) is 36.7 Å². The van der Waals surface area contributed by atoms with Gasteiger partial charge in [-0.25, -0.2) is 13.6 Å². The monoisotopic (exact) mass is 608 g/mol. The van der Waals surface area contributed by atoms with Gasteiger partial charge < -0.3 is 14.6 Å². The molecule has 9 heteroatoms. The maximum Gasteiger partial charge on any atom is 0.343 e. The molecule has 0 amide bonds. The van der Waals surface area contributed by atoms with Crippen molar-refractivity contribution in [3.05, 3.63) is 129 Å². The number of ether oxygens (including phenoxy) is 1. The number of hydrogen-bond acceptors (Lipinski definition) is 5. The Bertz CT molecular complexity index is 1700. The molecule has 218 valence electrons. The van der Waals surface area contributed by atoms with E-state index in [0.717, 1.165) is 28.8 Å². The molecule has 42 heavy (non-hydrogen) atoms. The number of carbonyl (C=O) groups is 1. The van der Waals surface area contributed by atoms with E-state index in [4.69, 9.17) is 4.74 Å². The number of hydrogen-bond donors (Lipinski definition) is 1. The molecule has 0 saturated carbocycles. The van der Waals surface area contributed by atoms with E-state index in [2.05, 4.69) is 17.4 Å². The predicted octanol–water partition coefficient (Wildman–Crippen LogP) is 7.38. The highest BCUT2D eigenvalue weighted by Gasteiger charge is 2.24. The van der Waals surface area contributed by atoms with Crippen LogP contribution in [0.4, 0.5) is 8.78 Å². The molecule has 5 aromatic rings. The first-order valence-corrected chi connectivity index (χ1v) is 14.4. The molecule has 0 atom stereocenters. The van der Waals surface area contributed by atoms with Gasteiger partial charge in [-0.05, 0) is 55.1 Å². The second-order valence-corrected chi connectivity index (χ2v) is 10.6. The molecule has 0 radical (unpaired) electrons. The second kappa shape index (κ2) is 14.4. The smallest absolute Gasteiger partial charge is 0.343 e. The van der Waals surface area contributed by atoms with E-state index >= 15 is 0 Å². The molecule has 3 aromatic carbocycles. The van der Waals surface area contributed by atoms with Gasteiger partial charge in [-0.1, -0.05) is 66.7 Å². The van der Waals surface area contributed by atoms with Crippen LogP contribution in [0.3, 0.4) is 0 Å². The molecule has 1 N–H and O–H groups in total. The summed E-state index contributed by atoms with van der Waals surface area (Å²) in [6, 6.07) is 23.6. The number of pyridine rings is 1. The summed E-state index contributed by atoms with van der Waals surface area (Å²) in [5.41, 5.74) is 2.14. The minimum atomic E-state index is -0.767. The maximum atomic E-state index is 14.7. The minimum Gasteiger partial charge on any atom is -0.462 e. The summed E-state index contributed by atoms with van der Waals surface area (Å²) in [7, 11) is 0. The Balaban J connectivity index is 0.00000405. The van der Waals surface area contributed by atoms with Crippen molar-refractivity contribution in [2.45, 2.75) is 32.9 Å². The predicted molar refractivity (Wildman–Crippen MR) is 167 cm³/mol. The first-order valence-electron chi connectivity index (χ1n) is 13.6. The van der Waals surface area contributed by atoms with E-state index in [1.807, 2.05) is 48.5 Å². The van der Waals surface area contributed by atoms with Crippen molar-refractivity contribution in [1.29, 1.82) is 0 Å². The number of thiophene rings is 1. The van der Waals surface area contributed by atoms with Crippen molar-refractivity contribution < 1.29 is 18.3 Å². The number of benzene rings is 3. The van der Waals surface area contributed by atoms with Gasteiger partial charge in [0.05, 0.1) is 18.5 Å². The average molecular weight is 609 g/mol. The highest BCUT2D eigenvalue weighted by molar-refractivity contribution is 7.22. The van der Waals surface area contributed by atoms with Crippen LogP contribution in [0.25, 0.3) is 20.7 Å². The molecule has 2 heterocycles. The highest BCUT2D eigenvalue weighted by atomic mass is 35.5. The molecule has 0 spiro atoms. The quantitative estimate of drug-likeness (QED) is 0.126. The lowest BCUT2D eigenvalue weighted by molar-refractivity contribution is 0.0524. The Hall–Kier alpha value is -3.85. The largest absolute Gasteiger partial charge is 0.462 e. The number of nitrogens with zero attached hydrogens (tertiary/aromatic N) is 1. The van der Waals surface area contributed by atoms with Crippen molar-refractivity contribution >= 4 is 39.9 Å². The molecular weight excluding hydrogens is 578 g/mol. The van der Waals surface area contributed by atoms with Crippen LogP contribution in [0, 0.1) is 11.6 Å². The molecule has 2 aromatic heterocycles. The fraction of sp³-hybridized carbons (Fsp3) is 0.212. The molecule has 0 aliphatic rings. The van der Waals surface area contributed by atoms with Gasteiger partial charge in [0.15, 0.2) is 0 Å². The van der Waals surface area contributed by atoms with Crippen LogP contribution >= 0.6 is 23.7 Å². The van der Waals surface area contributed by atoms with E-state index in [1.54, 1.807) is 11.5 Å². The molecule has 0 unspecified atom stereocenters. The van der Waals surface area contributed by atoms with Crippen LogP contribution in [-0.4, -0.2) is 23.7 Å². The second-order valence-electron chi connectivity index (χ2n) is 9.64. The van der Waals surface area contributed by atoms with Crippen molar-refractivity contribution in [2.75, 3.05) is 13.2 Å². The zero-order valence-corrected chi connectivity index (χ0v) is 24.7. The van der Waals surface area contributed by atoms with Gasteiger partial charge in [0.25, 0.3) is 0 Å². The number of esters is 1. The van der Waals surface area contributed by atoms with Crippen molar-refractivity contribution in [3.63, 3.8) is 0 Å². The van der Waals surface area contributed by atoms with Crippen LogP contribution in [-0.2, 0) is 24.2 Å². The summed E-state index contributed by atoms with van der Waals surface area (Å²) in [6.07, 6.45) is 3.17. The zero-order chi connectivity index (χ0) is 28.8. The lowest BCUT2D eigenvalue weighted by Gasteiger charge is -2.13. The van der Waals surface area contributed by atoms with Crippen molar-refractivity contribution in [2.24, 2.45) is 0 Å². The van der Waals surface area contributed by atoms with Crippen molar-refractivity contribution in [3.8, 4) is 10.4 Å². The lowest BCUT2D eigenvalue weighted by Crippen LogP contribution is -2.23. The fourth-order valence-electron chi connectivity index (χ4n) is 4.89. The van der Waals surface area contributed by atoms with Gasteiger partial charge in [-0.15, -0.1) is 23.7 Å². The van der Waals surface area contributed by atoms with Gasteiger partial charge in [0.1, 0.15) is 22.0 Å². The Morgan fingerprint density at radius 2 is 1.60 bits per heavy atom. The molecular formula is C33H31ClF2N2O3S. The van der Waals surface area contributed by atoms with Gasteiger partial charge in [0, 0.05) is 23.2 Å². The first-order chi connectivity index (χ1) is 20.0. The summed E-state index contributed by atoms with van der Waals surface area (Å²) in [6.45, 7) is 2.65. The van der Waals surface area contributed by atoms with Gasteiger partial charge >= 0.3 is 5.97 Å². The van der Waals surface area contributed by atoms with Crippen molar-refractivity contribution in [1.82, 2.24) is 9.88 Å². The van der Waals surface area contributed by atoms with E-state index in [1.165, 1.54) is 41.3 Å². The van der Waals surface area contributed by atoms with Crippen LogP contribution < -0.4 is 10.7 Å². The van der Waals surface area contributed by atoms with Gasteiger partial charge in [-0.3, -0.25) is 4.79 Å². The van der Waals surface area contributed by atoms with E-state index < -0.39 is 23.0 Å². The van der Waals surface area contributed by atoms with Crippen LogP contribution in [0.5, 0.6) is 0 Å². The summed E-state index contributed by atoms with van der Waals surface area (Å²) >= 11 is 1.37. The molecule has 0 fully saturated rings. The van der Waals surface area contributed by atoms with E-state index in [0.29, 0.717) is 23.3 Å². The van der Waals surface area contributed by atoms with Gasteiger partial charge in [-0.2, -0.15) is 0 Å². The highest BCUT2D eigenvalue weighted by Crippen LogP contribution is 2.38. The van der Waals surface area contributed by atoms with E-state index in [9.17, 15) is 18.4 Å². The molecule has 0 aliphatic carbocycles. The Labute approximate surface area is 253 Å². The molecule has 5 nitrogen and oxygen atoms in total. The number of rotatable bonds is 11. The Morgan fingerprint density at radius 1 is 0.929 bits per heavy atom. The van der Waals surface area contributed by atoms with Crippen LogP contribution in [0.2, 0.25) is 0 Å². The zero-order valence-electron chi connectivity index (χ0n) is 23.1. The number of nitrogens with one attached hydrogen (secondary N) is 1. The Kier molecular flexibility index (Phi) is 10.6. The molecule has 0 bridgehead atoms. The average Bonchev–Trinajstić information content (AvgIpc) is 3.37. The van der Waals surface area contributed by atoms with Gasteiger partial charge in [0.2, 0.25) is 5.43 Å². The number of halogens is 3. The van der Waals surface area contributed by atoms with Crippen LogP contribution in [0.1, 0.15) is 40.4 Å². The van der Waals surface area contributed by atoms with Crippen LogP contribution in [0.15, 0.2) is 89.9 Å². The third-order valence-electron chi connectivity index (χ3n) is 6.89. The summed E-state index contributed by atoms with van der Waals surface area (Å²) in [5, 5.41) is 3.82. The molecule has 0 aliphatic heterocycles. The normalized spacial score (nSPS) is 10.9. The minimum absolute atomic E-state index is 0. The fourth-order valence-corrected chi connectivity index (χ4v) is 6.19. The Morgan fingerprint density at radius 3 is 2.26 bits per heavy atom. The molecule has 0 saturated heterocycles. The third kappa shape index (κ3) is 6.78. The first kappa shape index (κ1) is 31.1. The SMILES string of the molecule is CCOC(=O)c1cn(Cc2c(F)cccc2F)c2sc(-c3ccccc3)c(CNCCCc3ccccc3)c2c1=O.Cl. The number of aromatic nitrogens is 1. The standard InChI is InChI=1S/C33H30F2N2O3S.ClH/c1-2-40-33(39)26-21-37(20-25-27(34)16-9-17-28(25)35)32-29(30(26)38)24(31(41-32)23-14-7-4-8-15-23)19-36-18-10-13-22-11-5-3-6-12-22;/h3-9,11-12,14-17,21,36H,2,10,13,18-20H2,1H3;1H. The summed E-state index contributed by atoms with van der Waals surface area (Å²) in [5.74, 6) is -2.17. The number of carbonyl (C=O) groups excluding carboxylic acids is 1. The third-order valence-corrected chi connectivity index (χ3v) is 8.21. The number of fused-ring (bicyclic) bond motifs is 1. The topological polar surface area (TPSA) is 60.3 Å². The number of aryl methyl sites for hydroxylation is 1.